The SMILES string of the molecule is CCNC(=NCc1cccc(NC(=O)N2CCCC2)c1)N1CCC(c2ccccc2)C1. The van der Waals surface area contributed by atoms with Crippen LogP contribution in [0, 0.1) is 0 Å². The molecule has 2 aromatic rings. The lowest BCUT2D eigenvalue weighted by Gasteiger charge is -2.22. The summed E-state index contributed by atoms with van der Waals surface area (Å²) in [5, 5.41) is 6.48. The van der Waals surface area contributed by atoms with Crippen LogP contribution in [0.2, 0.25) is 0 Å². The fourth-order valence-electron chi connectivity index (χ4n) is 4.41. The molecule has 0 aliphatic carbocycles. The Hall–Kier alpha value is -3.02. The van der Waals surface area contributed by atoms with Crippen LogP contribution in [0.25, 0.3) is 0 Å². The van der Waals surface area contributed by atoms with Crippen molar-refractivity contribution >= 4 is 17.7 Å². The number of nitrogens with zero attached hydrogens (tertiary/aromatic N) is 3. The van der Waals surface area contributed by atoms with Crippen molar-refractivity contribution in [1.29, 1.82) is 0 Å². The van der Waals surface area contributed by atoms with Crippen molar-refractivity contribution in [3.8, 4) is 0 Å². The molecular formula is C25H33N5O. The van der Waals surface area contributed by atoms with Crippen molar-refractivity contribution in [3.63, 3.8) is 0 Å². The third-order valence-corrected chi connectivity index (χ3v) is 6.08. The van der Waals surface area contributed by atoms with Gasteiger partial charge >= 0.3 is 6.03 Å². The van der Waals surface area contributed by atoms with Crippen molar-refractivity contribution < 1.29 is 4.79 Å². The topological polar surface area (TPSA) is 60.0 Å². The van der Waals surface area contributed by atoms with Crippen LogP contribution in [0.4, 0.5) is 10.5 Å². The number of amides is 2. The van der Waals surface area contributed by atoms with E-state index in [9.17, 15) is 4.79 Å². The highest BCUT2D eigenvalue weighted by atomic mass is 16.2. The number of carbonyl (C=O) groups is 1. The molecule has 6 heteroatoms. The monoisotopic (exact) mass is 419 g/mol. The van der Waals surface area contributed by atoms with E-state index >= 15 is 0 Å². The van der Waals surface area contributed by atoms with Crippen LogP contribution in [0.5, 0.6) is 0 Å². The van der Waals surface area contributed by atoms with Gasteiger partial charge in [0.15, 0.2) is 5.96 Å². The van der Waals surface area contributed by atoms with Crippen LogP contribution in [-0.2, 0) is 6.54 Å². The smallest absolute Gasteiger partial charge is 0.321 e. The minimum absolute atomic E-state index is 0.00416. The lowest BCUT2D eigenvalue weighted by atomic mass is 9.99. The second kappa shape index (κ2) is 10.3. The Kier molecular flexibility index (Phi) is 7.07. The molecule has 2 N–H and O–H groups in total. The van der Waals surface area contributed by atoms with Gasteiger partial charge in [0.05, 0.1) is 6.54 Å². The summed E-state index contributed by atoms with van der Waals surface area (Å²) in [4.78, 5) is 21.5. The minimum atomic E-state index is -0.00416. The number of nitrogens with one attached hydrogen (secondary N) is 2. The van der Waals surface area contributed by atoms with Crippen LogP contribution in [0.1, 0.15) is 43.2 Å². The summed E-state index contributed by atoms with van der Waals surface area (Å²) in [6.07, 6.45) is 3.33. The van der Waals surface area contributed by atoms with Gasteiger partial charge in [-0.1, -0.05) is 42.5 Å². The summed E-state index contributed by atoms with van der Waals surface area (Å²) < 4.78 is 0. The number of likely N-dealkylation sites (tertiary alicyclic amines) is 2. The summed E-state index contributed by atoms with van der Waals surface area (Å²) in [7, 11) is 0. The Morgan fingerprint density at radius 3 is 2.61 bits per heavy atom. The third-order valence-electron chi connectivity index (χ3n) is 6.08. The van der Waals surface area contributed by atoms with E-state index in [2.05, 4.69) is 58.9 Å². The first-order valence-electron chi connectivity index (χ1n) is 11.5. The predicted molar refractivity (Wildman–Crippen MR) is 126 cm³/mol. The average Bonchev–Trinajstić information content (AvgIpc) is 3.50. The molecule has 1 atom stereocenters. The maximum Gasteiger partial charge on any atom is 0.321 e. The number of urea groups is 1. The van der Waals surface area contributed by atoms with E-state index in [4.69, 9.17) is 4.99 Å². The largest absolute Gasteiger partial charge is 0.357 e. The first-order valence-corrected chi connectivity index (χ1v) is 11.5. The lowest BCUT2D eigenvalue weighted by Crippen LogP contribution is -2.40. The summed E-state index contributed by atoms with van der Waals surface area (Å²) in [5.41, 5.74) is 3.33. The Balaban J connectivity index is 1.39. The van der Waals surface area contributed by atoms with Gasteiger partial charge in [0.25, 0.3) is 0 Å². The number of hydrogen-bond acceptors (Lipinski definition) is 2. The van der Waals surface area contributed by atoms with Gasteiger partial charge in [-0.25, -0.2) is 9.79 Å². The Labute approximate surface area is 185 Å². The molecule has 0 radical (unpaired) electrons. The quantitative estimate of drug-likeness (QED) is 0.562. The maximum atomic E-state index is 12.4. The number of benzene rings is 2. The summed E-state index contributed by atoms with van der Waals surface area (Å²) >= 11 is 0. The highest BCUT2D eigenvalue weighted by molar-refractivity contribution is 5.89. The zero-order valence-electron chi connectivity index (χ0n) is 18.4. The third kappa shape index (κ3) is 5.57. The second-order valence-electron chi connectivity index (χ2n) is 8.34. The van der Waals surface area contributed by atoms with E-state index in [-0.39, 0.29) is 6.03 Å². The standard InChI is InChI=1S/C25H33N5O/c1-2-26-24(30-16-13-22(19-30)21-10-4-3-5-11-21)27-18-20-9-8-12-23(17-20)28-25(31)29-14-6-7-15-29/h3-5,8-12,17,22H,2,6-7,13-16,18-19H2,1H3,(H,26,27)(H,28,31). The zero-order valence-corrected chi connectivity index (χ0v) is 18.4. The van der Waals surface area contributed by atoms with E-state index < -0.39 is 0 Å². The maximum absolute atomic E-state index is 12.4. The summed E-state index contributed by atoms with van der Waals surface area (Å²) in [5.74, 6) is 1.52. The van der Waals surface area contributed by atoms with Gasteiger partial charge in [0.1, 0.15) is 0 Å². The second-order valence-corrected chi connectivity index (χ2v) is 8.34. The normalized spacial score (nSPS) is 19.0. The molecule has 6 nitrogen and oxygen atoms in total. The number of hydrogen-bond donors (Lipinski definition) is 2. The fraction of sp³-hybridized carbons (Fsp3) is 0.440. The van der Waals surface area contributed by atoms with Crippen LogP contribution < -0.4 is 10.6 Å². The van der Waals surface area contributed by atoms with Gasteiger partial charge in [-0.3, -0.25) is 0 Å². The van der Waals surface area contributed by atoms with E-state index in [0.717, 1.165) is 69.2 Å². The zero-order chi connectivity index (χ0) is 21.5. The lowest BCUT2D eigenvalue weighted by molar-refractivity contribution is 0.222. The average molecular weight is 420 g/mol. The van der Waals surface area contributed by atoms with Gasteiger partial charge < -0.3 is 20.4 Å². The molecule has 1 unspecified atom stereocenters. The molecule has 0 aromatic heterocycles. The van der Waals surface area contributed by atoms with Crippen molar-refractivity contribution in [2.75, 3.05) is 38.0 Å². The minimum Gasteiger partial charge on any atom is -0.357 e. The Bertz CT molecular complexity index is 892. The van der Waals surface area contributed by atoms with Crippen molar-refractivity contribution in [3.05, 3.63) is 65.7 Å². The van der Waals surface area contributed by atoms with Gasteiger partial charge in [-0.2, -0.15) is 0 Å². The molecule has 164 valence electrons. The molecule has 0 spiro atoms. The first-order chi connectivity index (χ1) is 15.2. The van der Waals surface area contributed by atoms with E-state index in [1.807, 2.05) is 23.1 Å². The highest BCUT2D eigenvalue weighted by Gasteiger charge is 2.25. The molecule has 2 heterocycles. The first kappa shape index (κ1) is 21.2. The van der Waals surface area contributed by atoms with Crippen LogP contribution in [0.3, 0.4) is 0 Å². The van der Waals surface area contributed by atoms with Crippen molar-refractivity contribution in [1.82, 2.24) is 15.1 Å². The van der Waals surface area contributed by atoms with E-state index in [1.54, 1.807) is 0 Å². The number of anilines is 1. The molecule has 2 aromatic carbocycles. The molecule has 0 bridgehead atoms. The summed E-state index contributed by atoms with van der Waals surface area (Å²) in [6.45, 7) is 7.23. The van der Waals surface area contributed by atoms with E-state index in [1.165, 1.54) is 5.56 Å². The van der Waals surface area contributed by atoms with Crippen LogP contribution in [-0.4, -0.2) is 54.5 Å². The molecule has 2 saturated heterocycles. The molecule has 2 aliphatic rings. The number of carbonyl (C=O) groups excluding carboxylic acids is 1. The molecule has 0 saturated carbocycles. The van der Waals surface area contributed by atoms with Crippen LogP contribution >= 0.6 is 0 Å². The summed E-state index contributed by atoms with van der Waals surface area (Å²) in [6, 6.07) is 18.8. The number of aliphatic imine (C=N–C) groups is 1. The predicted octanol–water partition coefficient (Wildman–Crippen LogP) is 4.27. The Morgan fingerprint density at radius 2 is 1.84 bits per heavy atom. The molecule has 31 heavy (non-hydrogen) atoms. The van der Waals surface area contributed by atoms with E-state index in [0.29, 0.717) is 12.5 Å². The molecule has 2 fully saturated rings. The molecular weight excluding hydrogens is 386 g/mol. The van der Waals surface area contributed by atoms with Gasteiger partial charge in [0, 0.05) is 44.3 Å². The number of rotatable bonds is 5. The van der Waals surface area contributed by atoms with Gasteiger partial charge in [0.2, 0.25) is 0 Å². The number of guanidine groups is 1. The van der Waals surface area contributed by atoms with Gasteiger partial charge in [-0.15, -0.1) is 0 Å². The van der Waals surface area contributed by atoms with Crippen LogP contribution in [0.15, 0.2) is 59.6 Å². The van der Waals surface area contributed by atoms with Gasteiger partial charge in [-0.05, 0) is 49.4 Å². The van der Waals surface area contributed by atoms with Crippen molar-refractivity contribution in [2.45, 2.75) is 38.6 Å². The fourth-order valence-corrected chi connectivity index (χ4v) is 4.41. The highest BCUT2D eigenvalue weighted by Crippen LogP contribution is 2.27. The van der Waals surface area contributed by atoms with Crippen molar-refractivity contribution in [2.24, 2.45) is 4.99 Å². The molecule has 2 amide bonds. The Morgan fingerprint density at radius 1 is 1.03 bits per heavy atom. The molecule has 4 rings (SSSR count). The molecule has 2 aliphatic heterocycles.